The summed E-state index contributed by atoms with van der Waals surface area (Å²) in [4.78, 5) is 4.57. The van der Waals surface area contributed by atoms with Crippen LogP contribution in [0, 0.1) is 0 Å². The first-order valence-corrected chi connectivity index (χ1v) is 6.28. The number of nitrogens with one attached hydrogen (secondary N) is 1. The first-order chi connectivity index (χ1) is 8.40. The Labute approximate surface area is 101 Å². The van der Waals surface area contributed by atoms with Gasteiger partial charge in [-0.25, -0.2) is 4.98 Å². The average Bonchev–Trinajstić information content (AvgIpc) is 2.83. The molecule has 4 heteroatoms. The summed E-state index contributed by atoms with van der Waals surface area (Å²) < 4.78 is 2.17. The van der Waals surface area contributed by atoms with E-state index in [2.05, 4.69) is 27.0 Å². The van der Waals surface area contributed by atoms with E-state index in [1.807, 2.05) is 12.3 Å². The van der Waals surface area contributed by atoms with Gasteiger partial charge in [0.2, 0.25) is 0 Å². The summed E-state index contributed by atoms with van der Waals surface area (Å²) in [5.74, 6) is 1.12. The molecule has 2 aromatic rings. The van der Waals surface area contributed by atoms with Crippen LogP contribution < -0.4 is 11.1 Å². The summed E-state index contributed by atoms with van der Waals surface area (Å²) in [5.41, 5.74) is 8.04. The number of hydrogen-bond acceptors (Lipinski definition) is 3. The summed E-state index contributed by atoms with van der Waals surface area (Å²) in [6.45, 7) is 1.66. The third kappa shape index (κ3) is 1.83. The predicted octanol–water partition coefficient (Wildman–Crippen LogP) is 1.61. The van der Waals surface area contributed by atoms with E-state index in [9.17, 15) is 0 Å². The van der Waals surface area contributed by atoms with E-state index in [0.717, 1.165) is 23.4 Å². The maximum atomic E-state index is 5.75. The Morgan fingerprint density at radius 2 is 2.41 bits per heavy atom. The Balaban J connectivity index is 2.05. The van der Waals surface area contributed by atoms with Crippen LogP contribution in [-0.2, 0) is 6.54 Å². The van der Waals surface area contributed by atoms with E-state index >= 15 is 0 Å². The molecule has 3 N–H and O–H groups in total. The van der Waals surface area contributed by atoms with Crippen molar-refractivity contribution in [2.75, 3.05) is 6.54 Å². The molecular formula is C13H18N4. The van der Waals surface area contributed by atoms with Gasteiger partial charge in [0.05, 0.1) is 17.8 Å². The number of nitrogens with two attached hydrogens (primary N) is 1. The fourth-order valence-electron chi connectivity index (χ4n) is 2.60. The summed E-state index contributed by atoms with van der Waals surface area (Å²) >= 11 is 0. The van der Waals surface area contributed by atoms with Crippen molar-refractivity contribution in [1.82, 2.24) is 14.7 Å². The smallest absolute Gasteiger partial charge is 0.130 e. The minimum absolute atomic E-state index is 0.388. The van der Waals surface area contributed by atoms with Gasteiger partial charge in [-0.3, -0.25) is 0 Å². The van der Waals surface area contributed by atoms with Crippen LogP contribution in [0.15, 0.2) is 24.5 Å². The zero-order valence-electron chi connectivity index (χ0n) is 9.89. The topological polar surface area (TPSA) is 55.4 Å². The second kappa shape index (κ2) is 4.47. The Bertz CT molecular complexity index is 511. The third-order valence-corrected chi connectivity index (χ3v) is 3.53. The fraction of sp³-hybridized carbons (Fsp3) is 0.462. The van der Waals surface area contributed by atoms with Crippen LogP contribution in [-0.4, -0.2) is 15.9 Å². The van der Waals surface area contributed by atoms with Crippen molar-refractivity contribution < 1.29 is 0 Å². The molecule has 0 spiro atoms. The van der Waals surface area contributed by atoms with Crippen molar-refractivity contribution in [1.29, 1.82) is 0 Å². The Hall–Kier alpha value is -1.39. The van der Waals surface area contributed by atoms with E-state index in [1.54, 1.807) is 0 Å². The minimum atomic E-state index is 0.388. The van der Waals surface area contributed by atoms with Crippen LogP contribution in [0.25, 0.3) is 5.52 Å². The number of fused-ring (bicyclic) bond motifs is 1. The van der Waals surface area contributed by atoms with Crippen molar-refractivity contribution in [2.45, 2.75) is 31.8 Å². The lowest BCUT2D eigenvalue weighted by Gasteiger charge is -2.22. The van der Waals surface area contributed by atoms with E-state index in [0.29, 0.717) is 12.6 Å². The van der Waals surface area contributed by atoms with Crippen LogP contribution >= 0.6 is 0 Å². The number of nitrogens with zero attached hydrogens (tertiary/aromatic N) is 2. The first kappa shape index (κ1) is 10.7. The number of hydrogen-bond donors (Lipinski definition) is 2. The molecule has 1 aliphatic heterocycles. The van der Waals surface area contributed by atoms with Gasteiger partial charge in [0.25, 0.3) is 0 Å². The van der Waals surface area contributed by atoms with Crippen LogP contribution in [0.2, 0.25) is 0 Å². The lowest BCUT2D eigenvalue weighted by molar-refractivity contribution is 0.396. The van der Waals surface area contributed by atoms with E-state index in [1.165, 1.54) is 19.3 Å². The monoisotopic (exact) mass is 230 g/mol. The van der Waals surface area contributed by atoms with Crippen LogP contribution in [0.1, 0.15) is 36.7 Å². The second-order valence-corrected chi connectivity index (χ2v) is 4.61. The summed E-state index contributed by atoms with van der Waals surface area (Å²) in [5, 5.41) is 3.54. The van der Waals surface area contributed by atoms with Gasteiger partial charge in [0.15, 0.2) is 0 Å². The molecule has 0 bridgehead atoms. The molecule has 1 fully saturated rings. The largest absolute Gasteiger partial charge is 0.326 e. The Morgan fingerprint density at radius 3 is 3.18 bits per heavy atom. The maximum absolute atomic E-state index is 5.75. The fourth-order valence-corrected chi connectivity index (χ4v) is 2.60. The molecule has 17 heavy (non-hydrogen) atoms. The lowest BCUT2D eigenvalue weighted by atomic mass is 10.0. The van der Waals surface area contributed by atoms with E-state index in [4.69, 9.17) is 5.73 Å². The molecule has 0 saturated carbocycles. The Morgan fingerprint density at radius 1 is 1.47 bits per heavy atom. The van der Waals surface area contributed by atoms with Crippen LogP contribution in [0.4, 0.5) is 0 Å². The summed E-state index contributed by atoms with van der Waals surface area (Å²) in [6.07, 6.45) is 7.74. The zero-order valence-corrected chi connectivity index (χ0v) is 9.89. The third-order valence-electron chi connectivity index (χ3n) is 3.53. The molecule has 90 valence electrons. The molecule has 2 aromatic heterocycles. The molecular weight excluding hydrogens is 212 g/mol. The molecule has 3 rings (SSSR count). The highest BCUT2D eigenvalue weighted by Gasteiger charge is 2.19. The van der Waals surface area contributed by atoms with E-state index < -0.39 is 0 Å². The zero-order chi connectivity index (χ0) is 11.7. The SMILES string of the molecule is NCc1cccn2c(C3CCCCN3)ncc12. The highest BCUT2D eigenvalue weighted by molar-refractivity contribution is 5.54. The first-order valence-electron chi connectivity index (χ1n) is 6.28. The van der Waals surface area contributed by atoms with Gasteiger partial charge in [0, 0.05) is 12.7 Å². The number of aromatic nitrogens is 2. The van der Waals surface area contributed by atoms with Crippen molar-refractivity contribution in [3.63, 3.8) is 0 Å². The molecule has 0 aromatic carbocycles. The minimum Gasteiger partial charge on any atom is -0.326 e. The number of rotatable bonds is 2. The van der Waals surface area contributed by atoms with Crippen molar-refractivity contribution in [2.24, 2.45) is 5.73 Å². The van der Waals surface area contributed by atoms with Gasteiger partial charge >= 0.3 is 0 Å². The molecule has 1 atom stereocenters. The molecule has 1 saturated heterocycles. The second-order valence-electron chi connectivity index (χ2n) is 4.61. The van der Waals surface area contributed by atoms with Gasteiger partial charge in [-0.2, -0.15) is 0 Å². The van der Waals surface area contributed by atoms with Crippen molar-refractivity contribution in [3.05, 3.63) is 35.9 Å². The molecule has 0 radical (unpaired) electrons. The van der Waals surface area contributed by atoms with Gasteiger partial charge in [0.1, 0.15) is 5.82 Å². The van der Waals surface area contributed by atoms with Crippen LogP contribution in [0.3, 0.4) is 0 Å². The molecule has 0 aliphatic carbocycles. The van der Waals surface area contributed by atoms with Gasteiger partial charge in [-0.05, 0) is 31.0 Å². The number of imidazole rings is 1. The summed E-state index contributed by atoms with van der Waals surface area (Å²) in [6, 6.07) is 4.50. The molecule has 4 nitrogen and oxygen atoms in total. The number of piperidine rings is 1. The van der Waals surface area contributed by atoms with Gasteiger partial charge < -0.3 is 15.5 Å². The highest BCUT2D eigenvalue weighted by atomic mass is 15.1. The number of pyridine rings is 1. The normalized spacial score (nSPS) is 20.9. The Kier molecular flexibility index (Phi) is 2.82. The van der Waals surface area contributed by atoms with Gasteiger partial charge in [-0.15, -0.1) is 0 Å². The molecule has 1 unspecified atom stereocenters. The van der Waals surface area contributed by atoms with E-state index in [-0.39, 0.29) is 0 Å². The van der Waals surface area contributed by atoms with Gasteiger partial charge in [-0.1, -0.05) is 12.5 Å². The van der Waals surface area contributed by atoms with Crippen molar-refractivity contribution >= 4 is 5.52 Å². The van der Waals surface area contributed by atoms with Crippen LogP contribution in [0.5, 0.6) is 0 Å². The standard InChI is InChI=1S/C13H18N4/c14-8-10-4-3-7-17-12(10)9-16-13(17)11-5-1-2-6-15-11/h3-4,7,9,11,15H,1-2,5-6,8,14H2. The molecule has 3 heterocycles. The highest BCUT2D eigenvalue weighted by Crippen LogP contribution is 2.23. The maximum Gasteiger partial charge on any atom is 0.130 e. The quantitative estimate of drug-likeness (QED) is 0.824. The molecule has 1 aliphatic rings. The predicted molar refractivity (Wildman–Crippen MR) is 67.7 cm³/mol. The molecule has 0 amide bonds. The van der Waals surface area contributed by atoms with Crippen molar-refractivity contribution in [3.8, 4) is 0 Å². The average molecular weight is 230 g/mol. The lowest BCUT2D eigenvalue weighted by Crippen LogP contribution is -2.28. The summed E-state index contributed by atoms with van der Waals surface area (Å²) in [7, 11) is 0.